The van der Waals surface area contributed by atoms with E-state index in [4.69, 9.17) is 4.74 Å². The van der Waals surface area contributed by atoms with Gasteiger partial charge in [0.1, 0.15) is 12.0 Å². The van der Waals surface area contributed by atoms with Crippen molar-refractivity contribution in [2.45, 2.75) is 12.8 Å². The largest absolute Gasteiger partial charge is 0.495 e. The number of methoxy groups -OCH3 is 1. The van der Waals surface area contributed by atoms with Crippen LogP contribution in [-0.2, 0) is 11.2 Å². The highest BCUT2D eigenvalue weighted by Crippen LogP contribution is 2.34. The van der Waals surface area contributed by atoms with Crippen molar-refractivity contribution in [3.8, 4) is 5.75 Å². The number of amides is 1. The molecule has 2 rings (SSSR count). The molecule has 1 aromatic carbocycles. The summed E-state index contributed by atoms with van der Waals surface area (Å²) in [5.41, 5.74) is 2.12. The third-order valence-corrected chi connectivity index (χ3v) is 2.52. The summed E-state index contributed by atoms with van der Waals surface area (Å²) in [6.07, 6.45) is 1.81. The number of hydrogen-bond acceptors (Lipinski definition) is 3. The van der Waals surface area contributed by atoms with Crippen LogP contribution >= 0.6 is 0 Å². The molecule has 1 amide bonds. The van der Waals surface area contributed by atoms with Crippen LogP contribution in [0.2, 0.25) is 0 Å². The van der Waals surface area contributed by atoms with E-state index in [9.17, 15) is 9.59 Å². The summed E-state index contributed by atoms with van der Waals surface area (Å²) in [4.78, 5) is 22.0. The molecule has 0 aromatic heterocycles. The molecule has 0 spiro atoms. The summed E-state index contributed by atoms with van der Waals surface area (Å²) >= 11 is 0. The van der Waals surface area contributed by atoms with E-state index < -0.39 is 0 Å². The highest BCUT2D eigenvalue weighted by Gasteiger charge is 2.21. The second kappa shape index (κ2) is 3.73. The van der Waals surface area contributed by atoms with Crippen molar-refractivity contribution in [1.82, 2.24) is 0 Å². The van der Waals surface area contributed by atoms with Crippen molar-refractivity contribution < 1.29 is 14.3 Å². The van der Waals surface area contributed by atoms with Crippen LogP contribution in [0.15, 0.2) is 12.1 Å². The van der Waals surface area contributed by atoms with Crippen molar-refractivity contribution in [2.75, 3.05) is 12.4 Å². The molecule has 0 unspecified atom stereocenters. The van der Waals surface area contributed by atoms with Crippen molar-refractivity contribution in [3.63, 3.8) is 0 Å². The maximum absolute atomic E-state index is 11.2. The fourth-order valence-electron chi connectivity index (χ4n) is 1.77. The lowest BCUT2D eigenvalue weighted by Crippen LogP contribution is -2.20. The molecule has 0 aliphatic carbocycles. The zero-order valence-corrected chi connectivity index (χ0v) is 8.37. The van der Waals surface area contributed by atoms with Crippen LogP contribution in [0.4, 0.5) is 5.69 Å². The minimum atomic E-state index is -0.0381. The van der Waals surface area contributed by atoms with E-state index in [1.807, 2.05) is 0 Å². The third-order valence-electron chi connectivity index (χ3n) is 2.52. The smallest absolute Gasteiger partial charge is 0.224 e. The maximum atomic E-state index is 11.2. The standard InChI is InChI=1S/C11H11NO3/c1-15-9-4-2-7(6-13)8-3-5-10(14)12-11(8)9/h2,4,6H,3,5H2,1H3,(H,12,14). The van der Waals surface area contributed by atoms with Gasteiger partial charge >= 0.3 is 0 Å². The van der Waals surface area contributed by atoms with E-state index in [1.165, 1.54) is 7.11 Å². The Hall–Kier alpha value is -1.84. The molecular weight excluding hydrogens is 194 g/mol. The molecule has 0 radical (unpaired) electrons. The molecule has 1 heterocycles. The quantitative estimate of drug-likeness (QED) is 0.742. The number of ether oxygens (including phenoxy) is 1. The van der Waals surface area contributed by atoms with Crippen LogP contribution in [0, 0.1) is 0 Å². The molecule has 0 saturated carbocycles. The molecule has 0 saturated heterocycles. The number of anilines is 1. The molecular formula is C11H11NO3. The van der Waals surface area contributed by atoms with Crippen LogP contribution in [0.5, 0.6) is 5.75 Å². The van der Waals surface area contributed by atoms with E-state index in [-0.39, 0.29) is 5.91 Å². The van der Waals surface area contributed by atoms with E-state index in [2.05, 4.69) is 5.32 Å². The number of hydrogen-bond donors (Lipinski definition) is 1. The number of rotatable bonds is 2. The lowest BCUT2D eigenvalue weighted by atomic mass is 9.97. The number of aldehydes is 1. The molecule has 0 atom stereocenters. The van der Waals surface area contributed by atoms with E-state index in [1.54, 1.807) is 12.1 Å². The highest BCUT2D eigenvalue weighted by atomic mass is 16.5. The molecule has 15 heavy (non-hydrogen) atoms. The lowest BCUT2D eigenvalue weighted by Gasteiger charge is -2.20. The summed E-state index contributed by atoms with van der Waals surface area (Å²) in [5.74, 6) is 0.562. The van der Waals surface area contributed by atoms with Gasteiger partial charge in [-0.15, -0.1) is 0 Å². The average Bonchev–Trinajstić information content (AvgIpc) is 2.27. The normalized spacial score (nSPS) is 14.1. The summed E-state index contributed by atoms with van der Waals surface area (Å²) in [6.45, 7) is 0. The minimum absolute atomic E-state index is 0.0381. The van der Waals surface area contributed by atoms with Crippen molar-refractivity contribution in [3.05, 3.63) is 23.3 Å². The van der Waals surface area contributed by atoms with Gasteiger partial charge in [-0.1, -0.05) is 0 Å². The van der Waals surface area contributed by atoms with Crippen molar-refractivity contribution >= 4 is 17.9 Å². The number of fused-ring (bicyclic) bond motifs is 1. The predicted molar refractivity (Wildman–Crippen MR) is 55.3 cm³/mol. The molecule has 1 aromatic rings. The van der Waals surface area contributed by atoms with Gasteiger partial charge in [0.2, 0.25) is 5.91 Å². The lowest BCUT2D eigenvalue weighted by molar-refractivity contribution is -0.116. The Labute approximate surface area is 87.2 Å². The van der Waals surface area contributed by atoms with Gasteiger partial charge in [0, 0.05) is 12.0 Å². The summed E-state index contributed by atoms with van der Waals surface area (Å²) in [7, 11) is 1.54. The van der Waals surface area contributed by atoms with Gasteiger partial charge in [-0.3, -0.25) is 9.59 Å². The zero-order valence-electron chi connectivity index (χ0n) is 8.37. The number of carbonyl (C=O) groups excluding carboxylic acids is 2. The van der Waals surface area contributed by atoms with Gasteiger partial charge in [-0.25, -0.2) is 0 Å². The highest BCUT2D eigenvalue weighted by molar-refractivity contribution is 5.98. The molecule has 0 fully saturated rings. The molecule has 1 N–H and O–H groups in total. The Bertz CT molecular complexity index is 426. The topological polar surface area (TPSA) is 55.4 Å². The van der Waals surface area contributed by atoms with E-state index in [0.29, 0.717) is 29.8 Å². The van der Waals surface area contributed by atoms with E-state index >= 15 is 0 Å². The van der Waals surface area contributed by atoms with Gasteiger partial charge in [-0.05, 0) is 24.1 Å². The maximum Gasteiger partial charge on any atom is 0.224 e. The Morgan fingerprint density at radius 1 is 1.40 bits per heavy atom. The van der Waals surface area contributed by atoms with Crippen LogP contribution in [0.1, 0.15) is 22.3 Å². The van der Waals surface area contributed by atoms with Crippen LogP contribution < -0.4 is 10.1 Å². The van der Waals surface area contributed by atoms with Crippen LogP contribution in [0.25, 0.3) is 0 Å². The summed E-state index contributed by atoms with van der Waals surface area (Å²) in [6, 6.07) is 3.40. The summed E-state index contributed by atoms with van der Waals surface area (Å²) < 4.78 is 5.13. The first-order valence-electron chi connectivity index (χ1n) is 4.71. The van der Waals surface area contributed by atoms with Crippen LogP contribution in [0.3, 0.4) is 0 Å². The fraction of sp³-hybridized carbons (Fsp3) is 0.273. The third kappa shape index (κ3) is 1.58. The Kier molecular flexibility index (Phi) is 2.41. The molecule has 4 nitrogen and oxygen atoms in total. The first kappa shape index (κ1) is 9.71. The molecule has 78 valence electrons. The van der Waals surface area contributed by atoms with Crippen LogP contribution in [-0.4, -0.2) is 19.3 Å². The summed E-state index contributed by atoms with van der Waals surface area (Å²) in [5, 5.41) is 2.73. The number of nitrogens with one attached hydrogen (secondary N) is 1. The Morgan fingerprint density at radius 3 is 2.87 bits per heavy atom. The number of carbonyl (C=O) groups is 2. The second-order valence-corrected chi connectivity index (χ2v) is 3.38. The fourth-order valence-corrected chi connectivity index (χ4v) is 1.77. The second-order valence-electron chi connectivity index (χ2n) is 3.38. The van der Waals surface area contributed by atoms with Gasteiger partial charge < -0.3 is 10.1 Å². The van der Waals surface area contributed by atoms with Gasteiger partial charge in [0.25, 0.3) is 0 Å². The molecule has 0 bridgehead atoms. The Morgan fingerprint density at radius 2 is 2.20 bits per heavy atom. The van der Waals surface area contributed by atoms with Gasteiger partial charge in [-0.2, -0.15) is 0 Å². The molecule has 4 heteroatoms. The Balaban J connectivity index is 2.58. The molecule has 1 aliphatic rings. The minimum Gasteiger partial charge on any atom is -0.495 e. The first-order chi connectivity index (χ1) is 7.26. The predicted octanol–water partition coefficient (Wildman–Crippen LogP) is 1.39. The van der Waals surface area contributed by atoms with Crippen molar-refractivity contribution in [2.24, 2.45) is 0 Å². The number of benzene rings is 1. The first-order valence-corrected chi connectivity index (χ1v) is 4.71. The van der Waals surface area contributed by atoms with Crippen molar-refractivity contribution in [1.29, 1.82) is 0 Å². The SMILES string of the molecule is COc1ccc(C=O)c2c1NC(=O)CC2. The van der Waals surface area contributed by atoms with E-state index in [0.717, 1.165) is 11.8 Å². The zero-order chi connectivity index (χ0) is 10.8. The monoisotopic (exact) mass is 205 g/mol. The average molecular weight is 205 g/mol. The van der Waals surface area contributed by atoms with Gasteiger partial charge in [0.15, 0.2) is 0 Å². The molecule has 1 aliphatic heterocycles. The van der Waals surface area contributed by atoms with Gasteiger partial charge in [0.05, 0.1) is 12.8 Å².